The first-order valence-corrected chi connectivity index (χ1v) is 6.87. The van der Waals surface area contributed by atoms with Crippen molar-refractivity contribution in [3.63, 3.8) is 0 Å². The zero-order valence-corrected chi connectivity index (χ0v) is 10.6. The van der Waals surface area contributed by atoms with Crippen molar-refractivity contribution in [1.29, 1.82) is 0 Å². The van der Waals surface area contributed by atoms with Crippen molar-refractivity contribution in [1.82, 2.24) is 0 Å². The molecule has 0 spiro atoms. The molecule has 2 aliphatic rings. The first-order chi connectivity index (χ1) is 8.83. The van der Waals surface area contributed by atoms with Gasteiger partial charge in [-0.05, 0) is 61.8 Å². The van der Waals surface area contributed by atoms with Crippen LogP contribution < -0.4 is 5.32 Å². The largest absolute Gasteiger partial charge is 0.368 e. The molecule has 3 nitrogen and oxygen atoms in total. The number of amides is 1. The molecule has 3 heteroatoms. The summed E-state index contributed by atoms with van der Waals surface area (Å²) >= 11 is 0. The summed E-state index contributed by atoms with van der Waals surface area (Å²) in [6, 6.07) is 6.29. The second-order valence-corrected chi connectivity index (χ2v) is 5.18. The van der Waals surface area contributed by atoms with E-state index in [1.54, 1.807) is 0 Å². The molecule has 1 heterocycles. The van der Waals surface area contributed by atoms with Gasteiger partial charge in [-0.2, -0.15) is 0 Å². The van der Waals surface area contributed by atoms with Gasteiger partial charge < -0.3 is 10.1 Å². The Kier molecular flexibility index (Phi) is 3.33. The molecule has 1 aromatic rings. The van der Waals surface area contributed by atoms with Gasteiger partial charge in [0.05, 0.1) is 0 Å². The van der Waals surface area contributed by atoms with Gasteiger partial charge in [0.1, 0.15) is 6.10 Å². The number of aryl methyl sites for hydroxylation is 2. The predicted octanol–water partition coefficient (Wildman–Crippen LogP) is 2.68. The lowest BCUT2D eigenvalue weighted by atomic mass is 9.91. The van der Waals surface area contributed by atoms with E-state index in [1.165, 1.54) is 30.4 Å². The molecule has 0 bridgehead atoms. The van der Waals surface area contributed by atoms with E-state index in [9.17, 15) is 4.79 Å². The van der Waals surface area contributed by atoms with Crippen molar-refractivity contribution in [2.45, 2.75) is 44.6 Å². The molecule has 0 saturated carbocycles. The summed E-state index contributed by atoms with van der Waals surface area (Å²) in [5.74, 6) is 0.00302. The van der Waals surface area contributed by atoms with Crippen LogP contribution in [0.3, 0.4) is 0 Å². The van der Waals surface area contributed by atoms with Crippen molar-refractivity contribution in [3.8, 4) is 0 Å². The van der Waals surface area contributed by atoms with Gasteiger partial charge in [0, 0.05) is 12.3 Å². The number of hydrogen-bond donors (Lipinski definition) is 1. The van der Waals surface area contributed by atoms with Crippen LogP contribution in [0.25, 0.3) is 0 Å². The van der Waals surface area contributed by atoms with Crippen LogP contribution in [0.15, 0.2) is 18.2 Å². The topological polar surface area (TPSA) is 38.3 Å². The number of anilines is 1. The Hall–Kier alpha value is -1.35. The molecular formula is C15H19NO2. The Morgan fingerprint density at radius 3 is 2.78 bits per heavy atom. The lowest BCUT2D eigenvalue weighted by Crippen LogP contribution is -2.26. The second-order valence-electron chi connectivity index (χ2n) is 5.18. The first kappa shape index (κ1) is 11.7. The van der Waals surface area contributed by atoms with Gasteiger partial charge in [0.2, 0.25) is 0 Å². The van der Waals surface area contributed by atoms with Crippen molar-refractivity contribution in [2.24, 2.45) is 0 Å². The number of benzene rings is 1. The minimum atomic E-state index is -0.249. The zero-order valence-electron chi connectivity index (χ0n) is 10.6. The minimum absolute atomic E-state index is 0.00302. The van der Waals surface area contributed by atoms with E-state index in [2.05, 4.69) is 17.4 Å². The van der Waals surface area contributed by atoms with E-state index < -0.39 is 0 Å². The van der Waals surface area contributed by atoms with Crippen LogP contribution in [0, 0.1) is 0 Å². The Morgan fingerprint density at radius 1 is 1.17 bits per heavy atom. The quantitative estimate of drug-likeness (QED) is 0.870. The van der Waals surface area contributed by atoms with Crippen LogP contribution >= 0.6 is 0 Å². The van der Waals surface area contributed by atoms with Crippen LogP contribution in [-0.4, -0.2) is 18.6 Å². The standard InChI is InChI=1S/C15H19NO2/c17-15(14-6-3-9-18-14)16-13-8-7-11-4-1-2-5-12(11)10-13/h7-8,10,14H,1-6,9H2,(H,16,17)/t14-/m0/s1. The van der Waals surface area contributed by atoms with E-state index in [-0.39, 0.29) is 12.0 Å². The molecule has 1 atom stereocenters. The van der Waals surface area contributed by atoms with Gasteiger partial charge in [0.25, 0.3) is 5.91 Å². The van der Waals surface area contributed by atoms with Gasteiger partial charge in [-0.25, -0.2) is 0 Å². The highest BCUT2D eigenvalue weighted by molar-refractivity contribution is 5.94. The van der Waals surface area contributed by atoms with E-state index in [4.69, 9.17) is 4.74 Å². The minimum Gasteiger partial charge on any atom is -0.368 e. The summed E-state index contributed by atoms with van der Waals surface area (Å²) in [5, 5.41) is 2.97. The van der Waals surface area contributed by atoms with Gasteiger partial charge in [-0.3, -0.25) is 4.79 Å². The van der Waals surface area contributed by atoms with E-state index in [0.29, 0.717) is 6.61 Å². The molecule has 0 radical (unpaired) electrons. The van der Waals surface area contributed by atoms with Gasteiger partial charge in [-0.15, -0.1) is 0 Å². The van der Waals surface area contributed by atoms with Crippen molar-refractivity contribution in [2.75, 3.05) is 11.9 Å². The Labute approximate surface area is 108 Å². The number of nitrogens with one attached hydrogen (secondary N) is 1. The van der Waals surface area contributed by atoms with Crippen LogP contribution in [0.4, 0.5) is 5.69 Å². The van der Waals surface area contributed by atoms with Gasteiger partial charge >= 0.3 is 0 Å². The maximum Gasteiger partial charge on any atom is 0.253 e. The molecule has 1 aliphatic heterocycles. The average molecular weight is 245 g/mol. The maximum atomic E-state index is 11.9. The van der Waals surface area contributed by atoms with Crippen LogP contribution in [0.5, 0.6) is 0 Å². The normalized spacial score (nSPS) is 22.6. The SMILES string of the molecule is O=C(Nc1ccc2c(c1)CCCC2)[C@@H]1CCCO1. The highest BCUT2D eigenvalue weighted by atomic mass is 16.5. The lowest BCUT2D eigenvalue weighted by molar-refractivity contribution is -0.124. The molecule has 1 N–H and O–H groups in total. The number of fused-ring (bicyclic) bond motifs is 1. The summed E-state index contributed by atoms with van der Waals surface area (Å²) < 4.78 is 5.39. The number of rotatable bonds is 2. The molecule has 3 rings (SSSR count). The lowest BCUT2D eigenvalue weighted by Gasteiger charge is -2.17. The van der Waals surface area contributed by atoms with Crippen molar-refractivity contribution < 1.29 is 9.53 Å². The molecule has 1 aliphatic carbocycles. The van der Waals surface area contributed by atoms with Crippen LogP contribution in [0.1, 0.15) is 36.8 Å². The van der Waals surface area contributed by atoms with E-state index >= 15 is 0 Å². The number of ether oxygens (including phenoxy) is 1. The molecule has 1 aromatic carbocycles. The molecule has 0 unspecified atom stereocenters. The van der Waals surface area contributed by atoms with Gasteiger partial charge in [0.15, 0.2) is 0 Å². The molecule has 18 heavy (non-hydrogen) atoms. The molecule has 0 aromatic heterocycles. The third kappa shape index (κ3) is 2.41. The average Bonchev–Trinajstić information content (AvgIpc) is 2.92. The summed E-state index contributed by atoms with van der Waals surface area (Å²) in [4.78, 5) is 11.9. The number of carbonyl (C=O) groups is 1. The smallest absolute Gasteiger partial charge is 0.253 e. The fourth-order valence-electron chi connectivity index (χ4n) is 2.82. The van der Waals surface area contributed by atoms with Crippen LogP contribution in [0.2, 0.25) is 0 Å². The highest BCUT2D eigenvalue weighted by Crippen LogP contribution is 2.24. The second kappa shape index (κ2) is 5.11. The Morgan fingerprint density at radius 2 is 2.00 bits per heavy atom. The zero-order chi connectivity index (χ0) is 12.4. The Balaban J connectivity index is 1.70. The Bertz CT molecular complexity index is 450. The fourth-order valence-corrected chi connectivity index (χ4v) is 2.82. The van der Waals surface area contributed by atoms with Crippen molar-refractivity contribution in [3.05, 3.63) is 29.3 Å². The number of carbonyl (C=O) groups excluding carboxylic acids is 1. The third-order valence-electron chi connectivity index (χ3n) is 3.84. The molecular weight excluding hydrogens is 226 g/mol. The van der Waals surface area contributed by atoms with Crippen LogP contribution in [-0.2, 0) is 22.4 Å². The molecule has 96 valence electrons. The first-order valence-electron chi connectivity index (χ1n) is 6.87. The number of hydrogen-bond acceptors (Lipinski definition) is 2. The summed E-state index contributed by atoms with van der Waals surface area (Å²) in [6.07, 6.45) is 6.44. The monoisotopic (exact) mass is 245 g/mol. The fraction of sp³-hybridized carbons (Fsp3) is 0.533. The summed E-state index contributed by atoms with van der Waals surface area (Å²) in [5.41, 5.74) is 3.75. The summed E-state index contributed by atoms with van der Waals surface area (Å²) in [6.45, 7) is 0.711. The van der Waals surface area contributed by atoms with E-state index in [0.717, 1.165) is 24.9 Å². The van der Waals surface area contributed by atoms with E-state index in [1.807, 2.05) is 6.07 Å². The van der Waals surface area contributed by atoms with Crippen molar-refractivity contribution >= 4 is 11.6 Å². The molecule has 1 saturated heterocycles. The maximum absolute atomic E-state index is 11.9. The predicted molar refractivity (Wildman–Crippen MR) is 70.7 cm³/mol. The molecule has 1 amide bonds. The van der Waals surface area contributed by atoms with Gasteiger partial charge in [-0.1, -0.05) is 6.07 Å². The highest BCUT2D eigenvalue weighted by Gasteiger charge is 2.23. The summed E-state index contributed by atoms with van der Waals surface area (Å²) in [7, 11) is 0. The molecule has 1 fully saturated rings. The third-order valence-corrected chi connectivity index (χ3v) is 3.84.